The maximum absolute atomic E-state index is 11.1. The molecule has 0 bridgehead atoms. The molecule has 0 fully saturated rings. The zero-order chi connectivity index (χ0) is 15.0. The Bertz CT molecular complexity index is 473. The van der Waals surface area contributed by atoms with Crippen molar-refractivity contribution in [1.29, 1.82) is 0 Å². The number of nitrogens with zero attached hydrogens (tertiary/aromatic N) is 1. The van der Waals surface area contributed by atoms with Gasteiger partial charge in [-0.05, 0) is 24.9 Å². The van der Waals surface area contributed by atoms with Gasteiger partial charge in [-0.3, -0.25) is 9.08 Å². The van der Waals surface area contributed by atoms with E-state index < -0.39 is 10.1 Å². The molecule has 1 aromatic carbocycles. The lowest BCUT2D eigenvalue weighted by molar-refractivity contribution is 0.127. The van der Waals surface area contributed by atoms with E-state index in [9.17, 15) is 8.42 Å². The van der Waals surface area contributed by atoms with Crippen LogP contribution in [0.2, 0.25) is 0 Å². The molecule has 0 spiro atoms. The van der Waals surface area contributed by atoms with Gasteiger partial charge in [-0.1, -0.05) is 44.2 Å². The van der Waals surface area contributed by atoms with E-state index in [-0.39, 0.29) is 12.6 Å². The van der Waals surface area contributed by atoms with Crippen molar-refractivity contribution in [2.45, 2.75) is 39.3 Å². The van der Waals surface area contributed by atoms with Crippen molar-refractivity contribution >= 4 is 10.1 Å². The summed E-state index contributed by atoms with van der Waals surface area (Å²) in [5, 5.41) is 0. The molecule has 20 heavy (non-hydrogen) atoms. The molecule has 0 unspecified atom stereocenters. The van der Waals surface area contributed by atoms with E-state index in [1.807, 2.05) is 18.2 Å². The molecule has 0 heterocycles. The summed E-state index contributed by atoms with van der Waals surface area (Å²) >= 11 is 0. The second kappa shape index (κ2) is 8.39. The SMILES string of the molecule is CCCN(Cc1ccccc1)[C@H](CC)COS(C)(=O)=O. The molecule has 4 nitrogen and oxygen atoms in total. The van der Waals surface area contributed by atoms with Gasteiger partial charge >= 0.3 is 0 Å². The summed E-state index contributed by atoms with van der Waals surface area (Å²) in [6.45, 7) is 6.16. The first kappa shape index (κ1) is 17.1. The molecule has 0 aliphatic carbocycles. The van der Waals surface area contributed by atoms with E-state index in [1.165, 1.54) is 5.56 Å². The van der Waals surface area contributed by atoms with Gasteiger partial charge in [0, 0.05) is 12.6 Å². The van der Waals surface area contributed by atoms with Crippen molar-refractivity contribution in [3.8, 4) is 0 Å². The van der Waals surface area contributed by atoms with Crippen molar-refractivity contribution in [3.05, 3.63) is 35.9 Å². The van der Waals surface area contributed by atoms with Crippen molar-refractivity contribution < 1.29 is 12.6 Å². The first-order chi connectivity index (χ1) is 9.46. The Morgan fingerprint density at radius 2 is 1.85 bits per heavy atom. The molecule has 0 radical (unpaired) electrons. The Morgan fingerprint density at radius 3 is 2.35 bits per heavy atom. The van der Waals surface area contributed by atoms with Crippen LogP contribution >= 0.6 is 0 Å². The van der Waals surface area contributed by atoms with Crippen molar-refractivity contribution in [2.24, 2.45) is 0 Å². The molecule has 0 saturated heterocycles. The van der Waals surface area contributed by atoms with Gasteiger partial charge in [0.1, 0.15) is 0 Å². The first-order valence-electron chi connectivity index (χ1n) is 7.08. The zero-order valence-corrected chi connectivity index (χ0v) is 13.4. The fourth-order valence-corrected chi connectivity index (χ4v) is 2.58. The zero-order valence-electron chi connectivity index (χ0n) is 12.6. The molecule has 1 atom stereocenters. The smallest absolute Gasteiger partial charge is 0.264 e. The predicted molar refractivity (Wildman–Crippen MR) is 82.0 cm³/mol. The molecule has 0 N–H and O–H groups in total. The van der Waals surface area contributed by atoms with Crippen LogP contribution in [-0.2, 0) is 20.8 Å². The van der Waals surface area contributed by atoms with Crippen LogP contribution in [0.15, 0.2) is 30.3 Å². The molecule has 114 valence electrons. The van der Waals surface area contributed by atoms with Gasteiger partial charge in [0.25, 0.3) is 10.1 Å². The Labute approximate surface area is 122 Å². The van der Waals surface area contributed by atoms with E-state index in [0.29, 0.717) is 0 Å². The maximum Gasteiger partial charge on any atom is 0.264 e. The molecule has 0 amide bonds. The fraction of sp³-hybridized carbons (Fsp3) is 0.600. The number of rotatable bonds is 9. The molecular formula is C15H25NO3S. The minimum atomic E-state index is -3.38. The third kappa shape index (κ3) is 6.50. The Hall–Kier alpha value is -0.910. The first-order valence-corrected chi connectivity index (χ1v) is 8.90. The van der Waals surface area contributed by atoms with Crippen LogP contribution in [0.1, 0.15) is 32.3 Å². The highest BCUT2D eigenvalue weighted by molar-refractivity contribution is 7.85. The third-order valence-electron chi connectivity index (χ3n) is 3.20. The summed E-state index contributed by atoms with van der Waals surface area (Å²) in [7, 11) is -3.38. The predicted octanol–water partition coefficient (Wildman–Crippen LogP) is 2.65. The summed E-state index contributed by atoms with van der Waals surface area (Å²) in [5.41, 5.74) is 1.23. The molecule has 1 aromatic rings. The Morgan fingerprint density at radius 1 is 1.20 bits per heavy atom. The molecular weight excluding hydrogens is 274 g/mol. The minimum Gasteiger partial charge on any atom is -0.294 e. The highest BCUT2D eigenvalue weighted by Crippen LogP contribution is 2.12. The fourth-order valence-electron chi connectivity index (χ4n) is 2.18. The van der Waals surface area contributed by atoms with E-state index in [4.69, 9.17) is 4.18 Å². The van der Waals surface area contributed by atoms with E-state index in [2.05, 4.69) is 30.9 Å². The molecule has 0 aromatic heterocycles. The van der Waals surface area contributed by atoms with Crippen LogP contribution in [0.25, 0.3) is 0 Å². The quantitative estimate of drug-likeness (QED) is 0.658. The number of hydrogen-bond donors (Lipinski definition) is 0. The lowest BCUT2D eigenvalue weighted by Gasteiger charge is -2.30. The molecule has 0 saturated carbocycles. The molecule has 0 aliphatic heterocycles. The lowest BCUT2D eigenvalue weighted by Crippen LogP contribution is -2.38. The van der Waals surface area contributed by atoms with Crippen molar-refractivity contribution in [2.75, 3.05) is 19.4 Å². The van der Waals surface area contributed by atoms with E-state index >= 15 is 0 Å². The van der Waals surface area contributed by atoms with Crippen LogP contribution in [0, 0.1) is 0 Å². The third-order valence-corrected chi connectivity index (χ3v) is 3.77. The summed E-state index contributed by atoms with van der Waals surface area (Å²) in [6.07, 6.45) is 2.99. The molecule has 0 aliphatic rings. The highest BCUT2D eigenvalue weighted by atomic mass is 32.2. The largest absolute Gasteiger partial charge is 0.294 e. The average molecular weight is 299 g/mol. The molecule has 5 heteroatoms. The molecule has 1 rings (SSSR count). The van der Waals surface area contributed by atoms with Gasteiger partial charge in [0.05, 0.1) is 12.9 Å². The van der Waals surface area contributed by atoms with Crippen LogP contribution in [0.3, 0.4) is 0 Å². The summed E-state index contributed by atoms with van der Waals surface area (Å²) in [5.74, 6) is 0. The Kier molecular flexibility index (Phi) is 7.19. The van der Waals surface area contributed by atoms with Gasteiger partial charge in [-0.2, -0.15) is 8.42 Å². The second-order valence-electron chi connectivity index (χ2n) is 5.01. The van der Waals surface area contributed by atoms with Gasteiger partial charge in [-0.25, -0.2) is 0 Å². The van der Waals surface area contributed by atoms with Crippen LogP contribution < -0.4 is 0 Å². The monoisotopic (exact) mass is 299 g/mol. The van der Waals surface area contributed by atoms with Crippen LogP contribution in [-0.4, -0.2) is 38.8 Å². The van der Waals surface area contributed by atoms with Gasteiger partial charge in [-0.15, -0.1) is 0 Å². The van der Waals surface area contributed by atoms with Gasteiger partial charge in [0.2, 0.25) is 0 Å². The number of hydrogen-bond acceptors (Lipinski definition) is 4. The summed E-state index contributed by atoms with van der Waals surface area (Å²) in [4.78, 5) is 2.29. The van der Waals surface area contributed by atoms with Crippen molar-refractivity contribution in [1.82, 2.24) is 4.90 Å². The van der Waals surface area contributed by atoms with Gasteiger partial charge in [0.15, 0.2) is 0 Å². The summed E-state index contributed by atoms with van der Waals surface area (Å²) in [6, 6.07) is 10.3. The van der Waals surface area contributed by atoms with E-state index in [1.54, 1.807) is 0 Å². The lowest BCUT2D eigenvalue weighted by atomic mass is 10.1. The normalized spacial score (nSPS) is 13.6. The van der Waals surface area contributed by atoms with Crippen LogP contribution in [0.5, 0.6) is 0 Å². The number of benzene rings is 1. The highest BCUT2D eigenvalue weighted by Gasteiger charge is 2.18. The topological polar surface area (TPSA) is 46.6 Å². The van der Waals surface area contributed by atoms with Gasteiger partial charge < -0.3 is 0 Å². The standard InChI is InChI=1S/C15H25NO3S/c1-4-11-16(12-14-9-7-6-8-10-14)15(5-2)13-19-20(3,17)18/h6-10,15H,4-5,11-13H2,1-3H3/t15-/m1/s1. The van der Waals surface area contributed by atoms with E-state index in [0.717, 1.165) is 32.2 Å². The maximum atomic E-state index is 11.1. The van der Waals surface area contributed by atoms with Crippen LogP contribution in [0.4, 0.5) is 0 Å². The minimum absolute atomic E-state index is 0.116. The summed E-state index contributed by atoms with van der Waals surface area (Å²) < 4.78 is 27.3. The average Bonchev–Trinajstić information content (AvgIpc) is 2.39. The Balaban J connectivity index is 2.71. The van der Waals surface area contributed by atoms with Crippen molar-refractivity contribution in [3.63, 3.8) is 0 Å². The second-order valence-corrected chi connectivity index (χ2v) is 6.65.